The number of nitriles is 1. The number of pyridine rings is 1. The lowest BCUT2D eigenvalue weighted by atomic mass is 10.0. The number of hydrogen-bond acceptors (Lipinski definition) is 7. The van der Waals surface area contributed by atoms with Crippen molar-refractivity contribution in [3.8, 4) is 6.07 Å². The Morgan fingerprint density at radius 1 is 1.26 bits per heavy atom. The summed E-state index contributed by atoms with van der Waals surface area (Å²) < 4.78 is 7.54. The van der Waals surface area contributed by atoms with Gasteiger partial charge >= 0.3 is 0 Å². The lowest BCUT2D eigenvalue weighted by Gasteiger charge is -2.33. The van der Waals surface area contributed by atoms with Gasteiger partial charge in [-0.25, -0.2) is 0 Å². The Hall–Kier alpha value is -2.64. The number of hydrogen-bond donors (Lipinski definition) is 0. The van der Waals surface area contributed by atoms with Gasteiger partial charge in [0.2, 0.25) is 0 Å². The molecule has 176 valence electrons. The first-order valence-corrected chi connectivity index (χ1v) is 12.5. The highest BCUT2D eigenvalue weighted by molar-refractivity contribution is 8.26. The van der Waals surface area contributed by atoms with Gasteiger partial charge in [-0.1, -0.05) is 53.8 Å². The maximum atomic E-state index is 13.3. The van der Waals surface area contributed by atoms with Crippen LogP contribution in [0.1, 0.15) is 29.2 Å². The topological polar surface area (TPSA) is 78.6 Å². The minimum atomic E-state index is -0.326. The van der Waals surface area contributed by atoms with Crippen molar-refractivity contribution >= 4 is 57.7 Å². The highest BCUT2D eigenvalue weighted by Gasteiger charge is 2.33. The minimum absolute atomic E-state index is 0.0802. The fourth-order valence-electron chi connectivity index (χ4n) is 4.12. The molecular weight excluding hydrogens is 492 g/mol. The SMILES string of the molecule is CCn1c(N2CCOCC2)c(C=C2SC(=S)N(Cc3ccccc3Cl)C2=O)c(C)c(C#N)c1=O. The first-order chi connectivity index (χ1) is 16.4. The average molecular weight is 515 g/mol. The molecule has 34 heavy (non-hydrogen) atoms. The minimum Gasteiger partial charge on any atom is -0.378 e. The summed E-state index contributed by atoms with van der Waals surface area (Å²) in [5, 5.41) is 10.3. The van der Waals surface area contributed by atoms with Crippen LogP contribution in [0.4, 0.5) is 5.82 Å². The summed E-state index contributed by atoms with van der Waals surface area (Å²) in [5.41, 5.74) is 1.79. The van der Waals surface area contributed by atoms with Gasteiger partial charge in [0.1, 0.15) is 21.8 Å². The number of thioether (sulfide) groups is 1. The maximum Gasteiger partial charge on any atom is 0.270 e. The second kappa shape index (κ2) is 10.3. The van der Waals surface area contributed by atoms with Crippen LogP contribution in [0.25, 0.3) is 6.08 Å². The summed E-state index contributed by atoms with van der Waals surface area (Å²) in [4.78, 5) is 30.5. The smallest absolute Gasteiger partial charge is 0.270 e. The predicted octanol–water partition coefficient (Wildman–Crippen LogP) is 3.94. The van der Waals surface area contributed by atoms with Crippen LogP contribution in [0.15, 0.2) is 34.0 Å². The zero-order valence-electron chi connectivity index (χ0n) is 18.8. The van der Waals surface area contributed by atoms with Crippen LogP contribution in [-0.2, 0) is 22.6 Å². The Kier molecular flexibility index (Phi) is 7.43. The highest BCUT2D eigenvalue weighted by atomic mass is 35.5. The Labute approximate surface area is 212 Å². The van der Waals surface area contributed by atoms with Gasteiger partial charge in [0.05, 0.1) is 24.7 Å². The lowest BCUT2D eigenvalue weighted by Crippen LogP contribution is -2.41. The van der Waals surface area contributed by atoms with Gasteiger partial charge in [0, 0.05) is 30.2 Å². The number of benzene rings is 1. The van der Waals surface area contributed by atoms with Crippen molar-refractivity contribution in [3.63, 3.8) is 0 Å². The zero-order chi connectivity index (χ0) is 24.4. The molecule has 2 fully saturated rings. The first kappa shape index (κ1) is 24.5. The summed E-state index contributed by atoms with van der Waals surface area (Å²) >= 11 is 13.0. The molecule has 0 unspecified atom stereocenters. The Morgan fingerprint density at radius 2 is 1.97 bits per heavy atom. The van der Waals surface area contributed by atoms with Gasteiger partial charge in [0.15, 0.2) is 0 Å². The van der Waals surface area contributed by atoms with E-state index in [2.05, 4.69) is 11.0 Å². The third kappa shape index (κ3) is 4.51. The molecule has 0 aliphatic carbocycles. The van der Waals surface area contributed by atoms with Crippen molar-refractivity contribution < 1.29 is 9.53 Å². The Morgan fingerprint density at radius 3 is 2.62 bits per heavy atom. The van der Waals surface area contributed by atoms with Gasteiger partial charge < -0.3 is 9.64 Å². The van der Waals surface area contributed by atoms with E-state index in [1.54, 1.807) is 23.6 Å². The van der Waals surface area contributed by atoms with E-state index in [1.807, 2.05) is 25.1 Å². The van der Waals surface area contributed by atoms with E-state index in [4.69, 9.17) is 28.6 Å². The van der Waals surface area contributed by atoms with Crippen LogP contribution in [0, 0.1) is 18.3 Å². The van der Waals surface area contributed by atoms with Crippen molar-refractivity contribution in [1.82, 2.24) is 9.47 Å². The summed E-state index contributed by atoms with van der Waals surface area (Å²) in [6.45, 7) is 6.59. The number of nitrogens with zero attached hydrogens (tertiary/aromatic N) is 4. The fraction of sp³-hybridized carbons (Fsp3) is 0.333. The Bertz CT molecular complexity index is 1290. The van der Waals surface area contributed by atoms with Crippen LogP contribution in [0.2, 0.25) is 5.02 Å². The van der Waals surface area contributed by atoms with E-state index in [0.29, 0.717) is 64.0 Å². The fourth-order valence-corrected chi connectivity index (χ4v) is 5.55. The lowest BCUT2D eigenvalue weighted by molar-refractivity contribution is -0.122. The van der Waals surface area contributed by atoms with Crippen LogP contribution in [0.3, 0.4) is 0 Å². The van der Waals surface area contributed by atoms with Crippen LogP contribution in [-0.4, -0.2) is 46.0 Å². The molecule has 1 aromatic carbocycles. The van der Waals surface area contributed by atoms with Gasteiger partial charge in [0.25, 0.3) is 11.5 Å². The molecule has 0 saturated carbocycles. The quantitative estimate of drug-likeness (QED) is 0.441. The van der Waals surface area contributed by atoms with E-state index >= 15 is 0 Å². The van der Waals surface area contributed by atoms with Crippen LogP contribution >= 0.6 is 35.6 Å². The molecule has 3 heterocycles. The average Bonchev–Trinajstić information content (AvgIpc) is 3.10. The standard InChI is InChI=1S/C24H23ClN4O3S2/c1-3-28-21(27-8-10-32-11-9-27)17(15(2)18(13-26)22(28)30)12-20-23(31)29(24(33)34-20)14-16-6-4-5-7-19(16)25/h4-7,12H,3,8-11,14H2,1-2H3. The number of anilines is 1. The van der Waals surface area contributed by atoms with Crippen molar-refractivity contribution in [2.75, 3.05) is 31.2 Å². The first-order valence-electron chi connectivity index (χ1n) is 10.9. The van der Waals surface area contributed by atoms with Gasteiger partial charge in [-0.15, -0.1) is 0 Å². The maximum absolute atomic E-state index is 13.3. The summed E-state index contributed by atoms with van der Waals surface area (Å²) in [5.74, 6) is 0.471. The summed E-state index contributed by atoms with van der Waals surface area (Å²) in [7, 11) is 0. The van der Waals surface area contributed by atoms with Crippen LogP contribution in [0.5, 0.6) is 0 Å². The molecule has 0 spiro atoms. The predicted molar refractivity (Wildman–Crippen MR) is 139 cm³/mol. The normalized spacial score (nSPS) is 17.5. The molecule has 0 atom stereocenters. The molecule has 2 aliphatic heterocycles. The molecule has 1 amide bonds. The molecule has 10 heteroatoms. The molecule has 2 aliphatic rings. The van der Waals surface area contributed by atoms with Crippen LogP contribution < -0.4 is 10.5 Å². The van der Waals surface area contributed by atoms with Crippen molar-refractivity contribution in [2.24, 2.45) is 0 Å². The van der Waals surface area contributed by atoms with Gasteiger partial charge in [-0.05, 0) is 37.1 Å². The van der Waals surface area contributed by atoms with Gasteiger partial charge in [-0.3, -0.25) is 19.1 Å². The highest BCUT2D eigenvalue weighted by Crippen LogP contribution is 2.37. The van der Waals surface area contributed by atoms with E-state index in [1.165, 1.54) is 16.7 Å². The largest absolute Gasteiger partial charge is 0.378 e. The number of halogens is 1. The van der Waals surface area contributed by atoms with Crippen molar-refractivity contribution in [3.05, 3.63) is 66.8 Å². The molecular formula is C24H23ClN4O3S2. The second-order valence-electron chi connectivity index (χ2n) is 7.86. The number of aromatic nitrogens is 1. The third-order valence-electron chi connectivity index (χ3n) is 5.91. The summed E-state index contributed by atoms with van der Waals surface area (Å²) in [6, 6.07) is 9.39. The number of carbonyl (C=O) groups excluding carboxylic acids is 1. The molecule has 4 rings (SSSR count). The number of morpholine rings is 1. The van der Waals surface area contributed by atoms with E-state index in [9.17, 15) is 14.9 Å². The number of rotatable bonds is 5. The molecule has 0 bridgehead atoms. The van der Waals surface area contributed by atoms with Crippen molar-refractivity contribution in [2.45, 2.75) is 26.9 Å². The van der Waals surface area contributed by atoms with Crippen molar-refractivity contribution in [1.29, 1.82) is 5.26 Å². The molecule has 2 aromatic rings. The molecule has 1 aromatic heterocycles. The zero-order valence-corrected chi connectivity index (χ0v) is 21.2. The van der Waals surface area contributed by atoms with E-state index in [-0.39, 0.29) is 23.6 Å². The third-order valence-corrected chi connectivity index (χ3v) is 7.66. The Balaban J connectivity index is 1.81. The number of amides is 1. The molecule has 7 nitrogen and oxygen atoms in total. The summed E-state index contributed by atoms with van der Waals surface area (Å²) in [6.07, 6.45) is 1.76. The number of thiocarbonyl (C=S) groups is 1. The van der Waals surface area contributed by atoms with Gasteiger partial charge in [-0.2, -0.15) is 5.26 Å². The van der Waals surface area contributed by atoms with E-state index in [0.717, 1.165) is 5.56 Å². The molecule has 0 N–H and O–H groups in total. The molecule has 0 radical (unpaired) electrons. The number of carbonyl (C=O) groups is 1. The second-order valence-corrected chi connectivity index (χ2v) is 9.94. The molecule has 2 saturated heterocycles. The number of ether oxygens (including phenoxy) is 1. The van der Waals surface area contributed by atoms with E-state index < -0.39 is 0 Å². The monoisotopic (exact) mass is 514 g/mol.